The molecule has 3 aromatic carbocycles. The van der Waals surface area contributed by atoms with Gasteiger partial charge in [-0.2, -0.15) is 0 Å². The number of nitrogens with zero attached hydrogens (tertiary/aromatic N) is 2. The van der Waals surface area contributed by atoms with E-state index in [2.05, 4.69) is 105 Å². The van der Waals surface area contributed by atoms with Gasteiger partial charge in [0.15, 0.2) is 0 Å². The predicted octanol–water partition coefficient (Wildman–Crippen LogP) is 6.15. The largest absolute Gasteiger partial charge is 0.220 e. The minimum absolute atomic E-state index is 0.213. The maximum Gasteiger partial charge on any atom is 0.125 e. The average Bonchev–Trinajstić information content (AvgIpc) is 2.68. The molecule has 0 amide bonds. The van der Waals surface area contributed by atoms with E-state index in [-0.39, 0.29) is 5.54 Å². The summed E-state index contributed by atoms with van der Waals surface area (Å²) in [5, 5.41) is 0. The van der Waals surface area contributed by atoms with Gasteiger partial charge in [-0.25, -0.2) is 9.98 Å². The second-order valence-corrected chi connectivity index (χ2v) is 7.75. The SMILES string of the molecule is CC(C)(C)N=C=NC(Cc1ccccc1)(c1ccccc1)c1ccccc1. The molecule has 0 saturated heterocycles. The third-order valence-electron chi connectivity index (χ3n) is 4.43. The van der Waals surface area contributed by atoms with Crippen LogP contribution in [0.2, 0.25) is 0 Å². The monoisotopic (exact) mass is 354 g/mol. The normalized spacial score (nSPS) is 11.5. The van der Waals surface area contributed by atoms with Crippen molar-refractivity contribution in [1.29, 1.82) is 0 Å². The Hall–Kier alpha value is -2.96. The fraction of sp³-hybridized carbons (Fsp3) is 0.240. The van der Waals surface area contributed by atoms with Crippen molar-refractivity contribution in [1.82, 2.24) is 0 Å². The number of hydrogen-bond acceptors (Lipinski definition) is 2. The highest BCUT2D eigenvalue weighted by Crippen LogP contribution is 2.37. The van der Waals surface area contributed by atoms with Gasteiger partial charge in [-0.05, 0) is 37.5 Å². The summed E-state index contributed by atoms with van der Waals surface area (Å²) in [7, 11) is 0. The molecular formula is C25H26N2. The van der Waals surface area contributed by atoms with Crippen LogP contribution < -0.4 is 0 Å². The third kappa shape index (κ3) is 4.81. The highest BCUT2D eigenvalue weighted by atomic mass is 14.9. The van der Waals surface area contributed by atoms with Gasteiger partial charge in [-0.3, -0.25) is 0 Å². The molecule has 0 aliphatic carbocycles. The van der Waals surface area contributed by atoms with Crippen molar-refractivity contribution in [2.24, 2.45) is 9.98 Å². The highest BCUT2D eigenvalue weighted by Gasteiger charge is 2.34. The van der Waals surface area contributed by atoms with Gasteiger partial charge in [0, 0.05) is 6.42 Å². The summed E-state index contributed by atoms with van der Waals surface area (Å²) in [5.74, 6) is 0. The lowest BCUT2D eigenvalue weighted by Crippen LogP contribution is -2.28. The maximum atomic E-state index is 4.96. The zero-order chi connectivity index (χ0) is 19.2. The molecule has 0 N–H and O–H groups in total. The molecule has 0 atom stereocenters. The molecule has 0 heterocycles. The summed E-state index contributed by atoms with van der Waals surface area (Å²) < 4.78 is 0. The summed E-state index contributed by atoms with van der Waals surface area (Å²) in [5.41, 5.74) is 2.72. The molecule has 2 heteroatoms. The van der Waals surface area contributed by atoms with Crippen LogP contribution in [0, 0.1) is 0 Å². The Balaban J connectivity index is 2.22. The Morgan fingerprint density at radius 3 is 1.52 bits per heavy atom. The van der Waals surface area contributed by atoms with Crippen molar-refractivity contribution < 1.29 is 0 Å². The van der Waals surface area contributed by atoms with Crippen molar-refractivity contribution in [3.05, 3.63) is 108 Å². The Bertz CT molecular complexity index is 861. The molecule has 136 valence electrons. The molecule has 0 fully saturated rings. The number of aliphatic imine (C=N–C) groups is 2. The Morgan fingerprint density at radius 2 is 1.07 bits per heavy atom. The van der Waals surface area contributed by atoms with E-state index < -0.39 is 5.54 Å². The average molecular weight is 354 g/mol. The van der Waals surface area contributed by atoms with Crippen LogP contribution in [0.5, 0.6) is 0 Å². The zero-order valence-corrected chi connectivity index (χ0v) is 16.3. The van der Waals surface area contributed by atoms with Gasteiger partial charge in [-0.15, -0.1) is 0 Å². The Labute approximate surface area is 162 Å². The number of hydrogen-bond donors (Lipinski definition) is 0. The van der Waals surface area contributed by atoms with Gasteiger partial charge >= 0.3 is 0 Å². The van der Waals surface area contributed by atoms with Crippen LogP contribution in [0.1, 0.15) is 37.5 Å². The summed E-state index contributed by atoms with van der Waals surface area (Å²) in [6.45, 7) is 6.16. The molecule has 0 bridgehead atoms. The lowest BCUT2D eigenvalue weighted by molar-refractivity contribution is 0.537. The topological polar surface area (TPSA) is 24.7 Å². The van der Waals surface area contributed by atoms with Crippen LogP contribution in [0.25, 0.3) is 0 Å². The van der Waals surface area contributed by atoms with Crippen molar-refractivity contribution in [3.63, 3.8) is 0 Å². The summed E-state index contributed by atoms with van der Waals surface area (Å²) >= 11 is 0. The van der Waals surface area contributed by atoms with Crippen molar-refractivity contribution in [2.75, 3.05) is 0 Å². The molecule has 3 rings (SSSR count). The van der Waals surface area contributed by atoms with E-state index in [9.17, 15) is 0 Å². The fourth-order valence-electron chi connectivity index (χ4n) is 3.12. The standard InChI is InChI=1S/C25H26N2/c1-24(2,3)26-20-27-25(22-15-9-5-10-16-22,23-17-11-6-12-18-23)19-21-13-7-4-8-14-21/h4-18H,19H2,1-3H3. The molecule has 2 nitrogen and oxygen atoms in total. The minimum atomic E-state index is -0.571. The lowest BCUT2D eigenvalue weighted by atomic mass is 9.78. The van der Waals surface area contributed by atoms with Gasteiger partial charge in [-0.1, -0.05) is 91.0 Å². The van der Waals surface area contributed by atoms with E-state index in [1.165, 1.54) is 5.56 Å². The second-order valence-electron chi connectivity index (χ2n) is 7.75. The molecule has 0 spiro atoms. The molecule has 0 saturated carbocycles. The van der Waals surface area contributed by atoms with Crippen LogP contribution in [0.3, 0.4) is 0 Å². The van der Waals surface area contributed by atoms with Gasteiger partial charge in [0.05, 0.1) is 11.5 Å². The first-order valence-electron chi connectivity index (χ1n) is 9.33. The van der Waals surface area contributed by atoms with E-state index in [1.807, 2.05) is 18.2 Å². The molecular weight excluding hydrogens is 328 g/mol. The van der Waals surface area contributed by atoms with E-state index in [4.69, 9.17) is 4.99 Å². The summed E-state index contributed by atoms with van der Waals surface area (Å²) in [6.07, 6.45) is 0.745. The molecule has 0 unspecified atom stereocenters. The lowest BCUT2D eigenvalue weighted by Gasteiger charge is -2.30. The summed E-state index contributed by atoms with van der Waals surface area (Å²) in [6, 6.07) is 34.4. The molecule has 27 heavy (non-hydrogen) atoms. The molecule has 0 aliphatic heterocycles. The van der Waals surface area contributed by atoms with Crippen LogP contribution in [-0.2, 0) is 12.0 Å². The predicted molar refractivity (Wildman–Crippen MR) is 113 cm³/mol. The van der Waals surface area contributed by atoms with E-state index in [0.717, 1.165) is 17.5 Å². The smallest absolute Gasteiger partial charge is 0.125 e. The van der Waals surface area contributed by atoms with Crippen molar-refractivity contribution >= 4 is 6.01 Å². The van der Waals surface area contributed by atoms with Crippen molar-refractivity contribution in [2.45, 2.75) is 38.3 Å². The number of benzene rings is 3. The quantitative estimate of drug-likeness (QED) is 0.491. The van der Waals surface area contributed by atoms with Gasteiger partial charge in [0.2, 0.25) is 0 Å². The van der Waals surface area contributed by atoms with E-state index in [1.54, 1.807) is 0 Å². The maximum absolute atomic E-state index is 4.96. The first-order chi connectivity index (χ1) is 13.0. The van der Waals surface area contributed by atoms with Crippen LogP contribution in [-0.4, -0.2) is 11.5 Å². The molecule has 0 aromatic heterocycles. The third-order valence-corrected chi connectivity index (χ3v) is 4.43. The van der Waals surface area contributed by atoms with Crippen LogP contribution in [0.4, 0.5) is 0 Å². The minimum Gasteiger partial charge on any atom is -0.220 e. The van der Waals surface area contributed by atoms with Crippen LogP contribution in [0.15, 0.2) is 101 Å². The number of rotatable bonds is 5. The second kappa shape index (κ2) is 8.16. The Morgan fingerprint density at radius 1 is 0.630 bits per heavy atom. The van der Waals surface area contributed by atoms with E-state index >= 15 is 0 Å². The first kappa shape index (κ1) is 18.8. The first-order valence-corrected chi connectivity index (χ1v) is 9.33. The molecule has 0 aliphatic rings. The van der Waals surface area contributed by atoms with E-state index in [0.29, 0.717) is 0 Å². The highest BCUT2D eigenvalue weighted by molar-refractivity contribution is 5.50. The van der Waals surface area contributed by atoms with Crippen molar-refractivity contribution in [3.8, 4) is 0 Å². The van der Waals surface area contributed by atoms with Gasteiger partial charge < -0.3 is 0 Å². The Kier molecular flexibility index (Phi) is 5.69. The fourth-order valence-corrected chi connectivity index (χ4v) is 3.12. The van der Waals surface area contributed by atoms with Gasteiger partial charge in [0.1, 0.15) is 5.54 Å². The van der Waals surface area contributed by atoms with Crippen LogP contribution >= 0.6 is 0 Å². The molecule has 3 aromatic rings. The van der Waals surface area contributed by atoms with Gasteiger partial charge in [0.25, 0.3) is 0 Å². The zero-order valence-electron chi connectivity index (χ0n) is 16.3. The molecule has 0 radical (unpaired) electrons. The summed E-state index contributed by atoms with van der Waals surface area (Å²) in [4.78, 5) is 9.48.